The molecular weight excluding hydrogens is 340 g/mol. The molecule has 5 heteroatoms. The number of hydrogen-bond donors (Lipinski definition) is 0. The van der Waals surface area contributed by atoms with Crippen molar-refractivity contribution < 1.29 is 14.3 Å². The van der Waals surface area contributed by atoms with Crippen LogP contribution in [0.1, 0.15) is 24.0 Å². The molecule has 27 heavy (non-hydrogen) atoms. The average Bonchev–Trinajstić information content (AvgIpc) is 3.09. The van der Waals surface area contributed by atoms with Crippen molar-refractivity contribution in [1.82, 2.24) is 9.88 Å². The second-order valence-corrected chi connectivity index (χ2v) is 7.57. The Morgan fingerprint density at radius 1 is 1.30 bits per heavy atom. The molecule has 0 unspecified atom stereocenters. The van der Waals surface area contributed by atoms with Gasteiger partial charge in [-0.1, -0.05) is 24.3 Å². The van der Waals surface area contributed by atoms with Crippen molar-refractivity contribution >= 4 is 5.91 Å². The van der Waals surface area contributed by atoms with Crippen LogP contribution in [0.3, 0.4) is 0 Å². The van der Waals surface area contributed by atoms with Gasteiger partial charge in [0.05, 0.1) is 25.9 Å². The lowest BCUT2D eigenvalue weighted by atomic mass is 9.81. The minimum atomic E-state index is -0.222. The van der Waals surface area contributed by atoms with Gasteiger partial charge in [-0.2, -0.15) is 0 Å². The zero-order valence-corrected chi connectivity index (χ0v) is 15.8. The number of carbonyl (C=O) groups excluding carboxylic acids is 1. The van der Waals surface area contributed by atoms with E-state index in [1.807, 2.05) is 29.2 Å². The summed E-state index contributed by atoms with van der Waals surface area (Å²) in [6.07, 6.45) is 5.79. The number of aromatic nitrogens is 1. The number of amides is 1. The van der Waals surface area contributed by atoms with Crippen LogP contribution in [-0.2, 0) is 16.0 Å². The largest absolute Gasteiger partial charge is 0.492 e. The highest BCUT2D eigenvalue weighted by Crippen LogP contribution is 2.40. The van der Waals surface area contributed by atoms with Crippen molar-refractivity contribution in [2.45, 2.75) is 31.8 Å². The predicted molar refractivity (Wildman–Crippen MR) is 103 cm³/mol. The van der Waals surface area contributed by atoms with Crippen LogP contribution in [0.4, 0.5) is 0 Å². The van der Waals surface area contributed by atoms with Crippen molar-refractivity contribution in [3.63, 3.8) is 0 Å². The van der Waals surface area contributed by atoms with E-state index in [4.69, 9.17) is 9.47 Å². The van der Waals surface area contributed by atoms with E-state index in [0.717, 1.165) is 25.2 Å². The summed E-state index contributed by atoms with van der Waals surface area (Å²) in [5, 5.41) is 0. The molecule has 0 saturated carbocycles. The maximum atomic E-state index is 12.6. The number of hydrogen-bond acceptors (Lipinski definition) is 4. The molecule has 2 aliphatic heterocycles. The minimum Gasteiger partial charge on any atom is -0.492 e. The smallest absolute Gasteiger partial charge is 0.223 e. The van der Waals surface area contributed by atoms with Crippen LogP contribution in [0.25, 0.3) is 0 Å². The van der Waals surface area contributed by atoms with E-state index in [1.165, 1.54) is 11.1 Å². The number of carbonyl (C=O) groups is 1. The first kappa shape index (κ1) is 18.0. The maximum absolute atomic E-state index is 12.6. The van der Waals surface area contributed by atoms with E-state index >= 15 is 0 Å². The molecule has 0 aliphatic carbocycles. The number of ether oxygens (including phenoxy) is 2. The molecule has 1 amide bonds. The second-order valence-electron chi connectivity index (χ2n) is 7.57. The summed E-state index contributed by atoms with van der Waals surface area (Å²) in [7, 11) is 0. The van der Waals surface area contributed by atoms with Gasteiger partial charge in [-0.15, -0.1) is 0 Å². The summed E-state index contributed by atoms with van der Waals surface area (Å²) in [5.41, 5.74) is 2.28. The molecule has 5 nitrogen and oxygen atoms in total. The topological polar surface area (TPSA) is 51.7 Å². The number of pyridine rings is 1. The van der Waals surface area contributed by atoms with Crippen molar-refractivity contribution in [3.8, 4) is 5.75 Å². The summed E-state index contributed by atoms with van der Waals surface area (Å²) in [5.74, 6) is 1.31. The summed E-state index contributed by atoms with van der Waals surface area (Å²) >= 11 is 0. The molecule has 1 aromatic heterocycles. The first-order valence-electron chi connectivity index (χ1n) is 9.65. The molecule has 3 heterocycles. The lowest BCUT2D eigenvalue weighted by Gasteiger charge is -2.50. The lowest BCUT2D eigenvalue weighted by Crippen LogP contribution is -2.66. The molecule has 0 bridgehead atoms. The number of nitrogens with zero attached hydrogens (tertiary/aromatic N) is 2. The number of rotatable bonds is 6. The second kappa shape index (κ2) is 7.69. The van der Waals surface area contributed by atoms with Gasteiger partial charge in [-0.25, -0.2) is 0 Å². The number of benzene rings is 1. The van der Waals surface area contributed by atoms with Gasteiger partial charge in [0.2, 0.25) is 5.91 Å². The van der Waals surface area contributed by atoms with Crippen LogP contribution in [-0.4, -0.2) is 47.7 Å². The van der Waals surface area contributed by atoms with Crippen molar-refractivity contribution in [3.05, 3.63) is 59.9 Å². The van der Waals surface area contributed by atoms with Gasteiger partial charge in [-0.3, -0.25) is 9.78 Å². The van der Waals surface area contributed by atoms with E-state index in [9.17, 15) is 4.79 Å². The van der Waals surface area contributed by atoms with Gasteiger partial charge in [0.25, 0.3) is 0 Å². The van der Waals surface area contributed by atoms with Crippen molar-refractivity contribution in [2.75, 3.05) is 26.3 Å². The summed E-state index contributed by atoms with van der Waals surface area (Å²) in [6.45, 7) is 4.81. The molecule has 1 atom stereocenters. The van der Waals surface area contributed by atoms with Crippen LogP contribution in [0.5, 0.6) is 5.75 Å². The fraction of sp³-hybridized carbons (Fsp3) is 0.455. The number of aryl methyl sites for hydroxylation is 2. The molecule has 2 aromatic rings. The summed E-state index contributed by atoms with van der Waals surface area (Å²) in [4.78, 5) is 18.6. The zero-order valence-electron chi connectivity index (χ0n) is 15.8. The highest BCUT2D eigenvalue weighted by Gasteiger charge is 2.54. The molecule has 2 fully saturated rings. The first-order chi connectivity index (χ1) is 13.2. The van der Waals surface area contributed by atoms with E-state index in [0.29, 0.717) is 32.0 Å². The van der Waals surface area contributed by atoms with Gasteiger partial charge >= 0.3 is 0 Å². The fourth-order valence-electron chi connectivity index (χ4n) is 4.07. The van der Waals surface area contributed by atoms with Crippen LogP contribution >= 0.6 is 0 Å². The molecule has 1 spiro atoms. The van der Waals surface area contributed by atoms with Crippen molar-refractivity contribution in [1.29, 1.82) is 0 Å². The molecule has 0 N–H and O–H groups in total. The average molecular weight is 366 g/mol. The molecular formula is C22H26N2O3. The summed E-state index contributed by atoms with van der Waals surface area (Å²) < 4.78 is 11.9. The molecule has 142 valence electrons. The van der Waals surface area contributed by atoms with Gasteiger partial charge in [0.15, 0.2) is 0 Å². The third-order valence-electron chi connectivity index (χ3n) is 5.82. The van der Waals surface area contributed by atoms with E-state index < -0.39 is 0 Å². The van der Waals surface area contributed by atoms with Gasteiger partial charge in [-0.05, 0) is 43.0 Å². The predicted octanol–water partition coefficient (Wildman–Crippen LogP) is 3.02. The van der Waals surface area contributed by atoms with Gasteiger partial charge in [0, 0.05) is 25.1 Å². The zero-order chi connectivity index (χ0) is 18.7. The Balaban J connectivity index is 1.28. The quantitative estimate of drug-likeness (QED) is 0.789. The van der Waals surface area contributed by atoms with Gasteiger partial charge < -0.3 is 14.4 Å². The molecule has 2 aliphatic rings. The molecule has 4 rings (SSSR count). The van der Waals surface area contributed by atoms with Gasteiger partial charge in [0.1, 0.15) is 11.4 Å². The maximum Gasteiger partial charge on any atom is 0.223 e. The van der Waals surface area contributed by atoms with E-state index in [-0.39, 0.29) is 11.5 Å². The van der Waals surface area contributed by atoms with Crippen LogP contribution in [0.2, 0.25) is 0 Å². The van der Waals surface area contributed by atoms with Crippen LogP contribution in [0, 0.1) is 12.8 Å². The third kappa shape index (κ3) is 3.83. The first-order valence-corrected chi connectivity index (χ1v) is 9.65. The standard InChI is InChI=1S/C22H26N2O3/c1-17-5-2-3-6-18(17)8-9-21(25)24-15-22(16-24)19(10-12-27-22)14-26-20-7-4-11-23-13-20/h2-7,11,13,19H,8-10,12,14-16H2,1H3/t19-/m0/s1. The van der Waals surface area contributed by atoms with Crippen LogP contribution in [0.15, 0.2) is 48.8 Å². The Bertz CT molecular complexity index is 787. The normalized spacial score (nSPS) is 20.5. The van der Waals surface area contributed by atoms with E-state index in [2.05, 4.69) is 24.0 Å². The lowest BCUT2D eigenvalue weighted by molar-refractivity contribution is -0.166. The Hall–Kier alpha value is -2.40. The SMILES string of the molecule is Cc1ccccc1CCC(=O)N1CC2(C1)OCC[C@H]2COc1cccnc1. The fourth-order valence-corrected chi connectivity index (χ4v) is 4.07. The molecule has 1 aromatic carbocycles. The van der Waals surface area contributed by atoms with E-state index in [1.54, 1.807) is 12.4 Å². The Morgan fingerprint density at radius 2 is 2.15 bits per heavy atom. The minimum absolute atomic E-state index is 0.214. The number of likely N-dealkylation sites (tertiary alicyclic amines) is 1. The Morgan fingerprint density at radius 3 is 2.93 bits per heavy atom. The molecule has 2 saturated heterocycles. The Labute approximate surface area is 160 Å². The monoisotopic (exact) mass is 366 g/mol. The van der Waals surface area contributed by atoms with Crippen LogP contribution < -0.4 is 4.74 Å². The van der Waals surface area contributed by atoms with Crippen molar-refractivity contribution in [2.24, 2.45) is 5.92 Å². The highest BCUT2D eigenvalue weighted by molar-refractivity contribution is 5.77. The summed E-state index contributed by atoms with van der Waals surface area (Å²) in [6, 6.07) is 12.0. The Kier molecular flexibility index (Phi) is 5.12. The third-order valence-corrected chi connectivity index (χ3v) is 5.82. The molecule has 0 radical (unpaired) electrons. The highest BCUT2D eigenvalue weighted by atomic mass is 16.5.